The number of esters is 1. The molecule has 1 heterocycles. The summed E-state index contributed by atoms with van der Waals surface area (Å²) in [5.74, 6) is 2.69. The molecule has 0 atom stereocenters. The standard InChI is InChI=1S/C22H19N3O3S/c1-5-12-25(17-8-6-16(7-9-17)21(26)27-4)22(29)28-18-10-11-19-20(13-18)24-15(3)14(2)23-19/h1,6-11,13H,12H2,2-4H3. The fourth-order valence-corrected chi connectivity index (χ4v) is 2.94. The van der Waals surface area contributed by atoms with Gasteiger partial charge >= 0.3 is 5.97 Å². The van der Waals surface area contributed by atoms with E-state index in [1.54, 1.807) is 41.3 Å². The van der Waals surface area contributed by atoms with Gasteiger partial charge in [-0.15, -0.1) is 6.42 Å². The zero-order valence-electron chi connectivity index (χ0n) is 16.3. The smallest absolute Gasteiger partial charge is 0.337 e. The number of carbonyl (C=O) groups excluding carboxylic acids is 1. The average molecular weight is 405 g/mol. The van der Waals surface area contributed by atoms with Gasteiger partial charge in [-0.3, -0.25) is 4.90 Å². The predicted octanol–water partition coefficient (Wildman–Crippen LogP) is 3.84. The quantitative estimate of drug-likeness (QED) is 0.371. The van der Waals surface area contributed by atoms with Crippen LogP contribution in [0.25, 0.3) is 11.0 Å². The third-order valence-corrected chi connectivity index (χ3v) is 4.63. The van der Waals surface area contributed by atoms with Crippen LogP contribution in [0.3, 0.4) is 0 Å². The summed E-state index contributed by atoms with van der Waals surface area (Å²) in [5, 5.41) is 0.185. The van der Waals surface area contributed by atoms with E-state index in [0.29, 0.717) is 17.0 Å². The Labute approximate surface area is 174 Å². The van der Waals surface area contributed by atoms with Gasteiger partial charge in [0.05, 0.1) is 41.6 Å². The monoisotopic (exact) mass is 405 g/mol. The molecule has 3 rings (SSSR count). The van der Waals surface area contributed by atoms with Crippen LogP contribution in [0, 0.1) is 26.2 Å². The van der Waals surface area contributed by atoms with Crippen molar-refractivity contribution in [1.29, 1.82) is 0 Å². The van der Waals surface area contributed by atoms with Crippen LogP contribution in [0.15, 0.2) is 42.5 Å². The van der Waals surface area contributed by atoms with E-state index in [0.717, 1.165) is 22.4 Å². The summed E-state index contributed by atoms with van der Waals surface area (Å²) in [6.45, 7) is 4.04. The number of rotatable bonds is 4. The topological polar surface area (TPSA) is 64.5 Å². The van der Waals surface area contributed by atoms with Crippen LogP contribution in [-0.4, -0.2) is 34.8 Å². The van der Waals surface area contributed by atoms with E-state index >= 15 is 0 Å². The normalized spacial score (nSPS) is 10.3. The third-order valence-electron chi connectivity index (χ3n) is 4.32. The van der Waals surface area contributed by atoms with Crippen LogP contribution >= 0.6 is 12.2 Å². The zero-order valence-corrected chi connectivity index (χ0v) is 17.1. The number of benzene rings is 2. The Hall–Kier alpha value is -3.50. The van der Waals surface area contributed by atoms with Crippen molar-refractivity contribution in [3.05, 3.63) is 59.4 Å². The van der Waals surface area contributed by atoms with Crippen molar-refractivity contribution < 1.29 is 14.3 Å². The molecule has 0 N–H and O–H groups in total. The molecule has 2 aromatic carbocycles. The highest BCUT2D eigenvalue weighted by Crippen LogP contribution is 2.22. The number of thiocarbonyl (C=S) groups is 1. The van der Waals surface area contributed by atoms with Crippen molar-refractivity contribution in [1.82, 2.24) is 9.97 Å². The van der Waals surface area contributed by atoms with Crippen LogP contribution in [0.2, 0.25) is 0 Å². The summed E-state index contributed by atoms with van der Waals surface area (Å²) in [4.78, 5) is 22.3. The number of anilines is 1. The van der Waals surface area contributed by atoms with Gasteiger partial charge in [-0.25, -0.2) is 14.8 Å². The van der Waals surface area contributed by atoms with Crippen LogP contribution < -0.4 is 9.64 Å². The first kappa shape index (κ1) is 20.2. The van der Waals surface area contributed by atoms with Crippen molar-refractivity contribution in [3.63, 3.8) is 0 Å². The summed E-state index contributed by atoms with van der Waals surface area (Å²) in [5.41, 5.74) is 4.38. The minimum atomic E-state index is -0.415. The number of ether oxygens (including phenoxy) is 2. The molecular formula is C22H19N3O3S. The summed E-state index contributed by atoms with van der Waals surface area (Å²) in [6.07, 6.45) is 5.50. The molecule has 146 valence electrons. The largest absolute Gasteiger partial charge is 0.465 e. The Morgan fingerprint density at radius 3 is 2.38 bits per heavy atom. The maximum absolute atomic E-state index is 11.6. The first-order chi connectivity index (χ1) is 13.9. The van der Waals surface area contributed by atoms with Crippen molar-refractivity contribution in [2.45, 2.75) is 13.8 Å². The molecule has 7 heteroatoms. The number of nitrogens with zero attached hydrogens (tertiary/aromatic N) is 3. The van der Waals surface area contributed by atoms with Gasteiger partial charge in [0.15, 0.2) is 0 Å². The van der Waals surface area contributed by atoms with E-state index in [1.165, 1.54) is 7.11 Å². The minimum absolute atomic E-state index is 0.185. The van der Waals surface area contributed by atoms with Crippen molar-refractivity contribution >= 4 is 40.1 Å². The van der Waals surface area contributed by atoms with Gasteiger partial charge in [0, 0.05) is 11.8 Å². The average Bonchev–Trinajstić information content (AvgIpc) is 2.72. The summed E-state index contributed by atoms with van der Waals surface area (Å²) in [7, 11) is 1.33. The molecule has 0 amide bonds. The molecule has 0 aliphatic heterocycles. The fourth-order valence-electron chi connectivity index (χ4n) is 2.68. The molecule has 0 fully saturated rings. The second-order valence-electron chi connectivity index (χ2n) is 6.24. The highest BCUT2D eigenvalue weighted by atomic mass is 32.1. The fraction of sp³-hybridized carbons (Fsp3) is 0.182. The Morgan fingerprint density at radius 1 is 1.10 bits per heavy atom. The lowest BCUT2D eigenvalue weighted by Gasteiger charge is -2.23. The summed E-state index contributed by atoms with van der Waals surface area (Å²) < 4.78 is 10.6. The molecule has 0 bridgehead atoms. The maximum Gasteiger partial charge on any atom is 0.337 e. The van der Waals surface area contributed by atoms with Crippen LogP contribution in [0.5, 0.6) is 5.75 Å². The molecule has 0 spiro atoms. The van der Waals surface area contributed by atoms with E-state index in [9.17, 15) is 4.79 Å². The Morgan fingerprint density at radius 2 is 1.76 bits per heavy atom. The number of methoxy groups -OCH3 is 1. The van der Waals surface area contributed by atoms with Crippen LogP contribution in [-0.2, 0) is 4.74 Å². The van der Waals surface area contributed by atoms with Gasteiger partial charge in [-0.2, -0.15) is 0 Å². The second kappa shape index (κ2) is 8.67. The Balaban J connectivity index is 1.84. The molecule has 0 radical (unpaired) electrons. The van der Waals surface area contributed by atoms with E-state index in [-0.39, 0.29) is 11.7 Å². The molecule has 0 saturated carbocycles. The number of fused-ring (bicyclic) bond motifs is 1. The Bertz CT molecular complexity index is 1120. The number of hydrogen-bond donors (Lipinski definition) is 0. The van der Waals surface area contributed by atoms with Gasteiger partial charge in [0.1, 0.15) is 5.75 Å². The lowest BCUT2D eigenvalue weighted by molar-refractivity contribution is 0.0601. The highest BCUT2D eigenvalue weighted by Gasteiger charge is 2.15. The van der Waals surface area contributed by atoms with Gasteiger partial charge in [-0.1, -0.05) is 5.92 Å². The number of carbonyl (C=O) groups is 1. The number of aromatic nitrogens is 2. The summed E-state index contributed by atoms with van der Waals surface area (Å²) >= 11 is 5.46. The van der Waals surface area contributed by atoms with E-state index in [2.05, 4.69) is 15.9 Å². The first-order valence-electron chi connectivity index (χ1n) is 8.79. The molecule has 6 nitrogen and oxygen atoms in total. The molecule has 3 aromatic rings. The van der Waals surface area contributed by atoms with E-state index in [1.807, 2.05) is 19.9 Å². The SMILES string of the molecule is C#CCN(C(=S)Oc1ccc2nc(C)c(C)nc2c1)c1ccc(C(=O)OC)cc1. The molecule has 1 aromatic heterocycles. The van der Waals surface area contributed by atoms with Crippen LogP contribution in [0.1, 0.15) is 21.7 Å². The summed E-state index contributed by atoms with van der Waals surface area (Å²) in [6, 6.07) is 12.2. The molecular weight excluding hydrogens is 386 g/mol. The maximum atomic E-state index is 11.6. The number of aryl methyl sites for hydroxylation is 2. The zero-order chi connectivity index (χ0) is 21.0. The van der Waals surface area contributed by atoms with Crippen molar-refractivity contribution in [3.8, 4) is 18.1 Å². The molecule has 0 saturated heterocycles. The molecule has 29 heavy (non-hydrogen) atoms. The van der Waals surface area contributed by atoms with Gasteiger partial charge in [0.2, 0.25) is 0 Å². The highest BCUT2D eigenvalue weighted by molar-refractivity contribution is 7.80. The van der Waals surface area contributed by atoms with E-state index < -0.39 is 5.97 Å². The molecule has 0 aliphatic carbocycles. The van der Waals surface area contributed by atoms with Crippen molar-refractivity contribution in [2.75, 3.05) is 18.6 Å². The number of terminal acetylenes is 1. The van der Waals surface area contributed by atoms with Gasteiger partial charge < -0.3 is 9.47 Å². The minimum Gasteiger partial charge on any atom is -0.465 e. The van der Waals surface area contributed by atoms with E-state index in [4.69, 9.17) is 28.1 Å². The number of hydrogen-bond acceptors (Lipinski definition) is 6. The lowest BCUT2D eigenvalue weighted by Crippen LogP contribution is -2.33. The molecule has 0 unspecified atom stereocenters. The third kappa shape index (κ3) is 4.50. The Kier molecular flexibility index (Phi) is 6.05. The lowest BCUT2D eigenvalue weighted by atomic mass is 10.2. The van der Waals surface area contributed by atoms with Gasteiger partial charge in [-0.05, 0) is 62.5 Å². The second-order valence-corrected chi connectivity index (χ2v) is 6.59. The van der Waals surface area contributed by atoms with Gasteiger partial charge in [0.25, 0.3) is 5.17 Å². The predicted molar refractivity (Wildman–Crippen MR) is 116 cm³/mol. The molecule has 0 aliphatic rings. The van der Waals surface area contributed by atoms with Crippen LogP contribution in [0.4, 0.5) is 5.69 Å². The van der Waals surface area contributed by atoms with Crippen molar-refractivity contribution in [2.24, 2.45) is 0 Å². The first-order valence-corrected chi connectivity index (χ1v) is 9.20.